The van der Waals surface area contributed by atoms with Gasteiger partial charge in [0, 0.05) is 6.54 Å². The number of alkyl halides is 6. The molecule has 1 fully saturated rings. The maximum Gasteiger partial charge on any atom is 0.416 e. The lowest BCUT2D eigenvalue weighted by atomic mass is 10.0. The van der Waals surface area contributed by atoms with Gasteiger partial charge in [0.05, 0.1) is 30.4 Å². The van der Waals surface area contributed by atoms with Crippen LogP contribution in [-0.4, -0.2) is 31.2 Å². The van der Waals surface area contributed by atoms with Gasteiger partial charge in [0.25, 0.3) is 0 Å². The molecule has 30 heavy (non-hydrogen) atoms. The van der Waals surface area contributed by atoms with Crippen LogP contribution in [0.4, 0.5) is 26.3 Å². The molecule has 1 aliphatic heterocycles. The van der Waals surface area contributed by atoms with E-state index in [1.807, 2.05) is 0 Å². The zero-order valence-electron chi connectivity index (χ0n) is 15.5. The minimum atomic E-state index is -4.99. The third-order valence-electron chi connectivity index (χ3n) is 4.63. The zero-order chi connectivity index (χ0) is 21.9. The number of ether oxygens (including phenoxy) is 2. The number of nitrogens with one attached hydrogen (secondary N) is 1. The number of hydrogen-bond acceptors (Lipinski definition) is 4. The fraction of sp³-hybridized carbons (Fsp3) is 0.400. The predicted molar refractivity (Wildman–Crippen MR) is 94.3 cm³/mol. The summed E-state index contributed by atoms with van der Waals surface area (Å²) >= 11 is 0. The van der Waals surface area contributed by atoms with Crippen molar-refractivity contribution in [2.45, 2.75) is 30.8 Å². The summed E-state index contributed by atoms with van der Waals surface area (Å²) in [7, 11) is 0. The molecular weight excluding hydrogens is 416 g/mol. The number of rotatable bonds is 5. The third-order valence-corrected chi connectivity index (χ3v) is 4.63. The van der Waals surface area contributed by atoms with E-state index in [1.165, 1.54) is 0 Å². The van der Waals surface area contributed by atoms with Crippen molar-refractivity contribution >= 4 is 0 Å². The molecule has 1 aliphatic rings. The number of aliphatic hydroxyl groups excluding tert-OH is 1. The molecule has 0 aliphatic carbocycles. The van der Waals surface area contributed by atoms with Crippen molar-refractivity contribution in [1.82, 2.24) is 5.32 Å². The van der Waals surface area contributed by atoms with Crippen molar-refractivity contribution in [1.29, 1.82) is 0 Å². The van der Waals surface area contributed by atoms with Crippen molar-refractivity contribution in [2.75, 3.05) is 19.8 Å². The van der Waals surface area contributed by atoms with Crippen LogP contribution in [0.2, 0.25) is 0 Å². The molecule has 0 saturated carbocycles. The second kappa shape index (κ2) is 8.93. The fourth-order valence-corrected chi connectivity index (χ4v) is 3.19. The number of benzene rings is 2. The van der Waals surface area contributed by atoms with Gasteiger partial charge in [-0.2, -0.15) is 26.3 Å². The topological polar surface area (TPSA) is 50.7 Å². The van der Waals surface area contributed by atoms with Gasteiger partial charge in [0.15, 0.2) is 6.29 Å². The highest BCUT2D eigenvalue weighted by Gasteiger charge is 2.38. The smallest absolute Gasteiger partial charge is 0.393 e. The molecule has 0 amide bonds. The molecule has 2 aromatic rings. The molecule has 0 aromatic heterocycles. The summed E-state index contributed by atoms with van der Waals surface area (Å²) in [5.41, 5.74) is -2.63. The van der Waals surface area contributed by atoms with E-state index in [9.17, 15) is 31.4 Å². The van der Waals surface area contributed by atoms with E-state index < -0.39 is 54.1 Å². The van der Waals surface area contributed by atoms with E-state index in [1.54, 1.807) is 30.3 Å². The fourth-order valence-electron chi connectivity index (χ4n) is 3.19. The first-order chi connectivity index (χ1) is 14.1. The minimum absolute atomic E-state index is 0.0311. The van der Waals surface area contributed by atoms with Gasteiger partial charge in [-0.25, -0.2) is 0 Å². The molecule has 2 N–H and O–H groups in total. The van der Waals surface area contributed by atoms with Gasteiger partial charge in [-0.3, -0.25) is 0 Å². The summed E-state index contributed by atoms with van der Waals surface area (Å²) in [5, 5.41) is 12.8. The lowest BCUT2D eigenvalue weighted by Gasteiger charge is -2.35. The molecule has 3 atom stereocenters. The monoisotopic (exact) mass is 435 g/mol. The Morgan fingerprint density at radius 3 is 2.13 bits per heavy atom. The van der Waals surface area contributed by atoms with Gasteiger partial charge in [-0.1, -0.05) is 30.3 Å². The van der Waals surface area contributed by atoms with E-state index in [0.717, 1.165) is 5.56 Å². The first-order valence-corrected chi connectivity index (χ1v) is 9.05. The van der Waals surface area contributed by atoms with Crippen molar-refractivity contribution in [3.8, 4) is 0 Å². The molecule has 0 bridgehead atoms. The van der Waals surface area contributed by atoms with Gasteiger partial charge in [0.2, 0.25) is 0 Å². The van der Waals surface area contributed by atoms with E-state index in [2.05, 4.69) is 5.32 Å². The SMILES string of the molecule is OC[C@H](OC1OCCNC1c1ccccc1)c1cc(C(F)(F)F)cc(C(F)(F)F)c1. The van der Waals surface area contributed by atoms with Crippen LogP contribution in [0.1, 0.15) is 34.4 Å². The van der Waals surface area contributed by atoms with Gasteiger partial charge >= 0.3 is 12.4 Å². The molecule has 164 valence electrons. The predicted octanol–water partition coefficient (Wildman–Crippen LogP) is 4.46. The largest absolute Gasteiger partial charge is 0.416 e. The summed E-state index contributed by atoms with van der Waals surface area (Å²) in [4.78, 5) is 0. The van der Waals surface area contributed by atoms with Crippen LogP contribution in [-0.2, 0) is 21.8 Å². The van der Waals surface area contributed by atoms with Gasteiger partial charge in [0.1, 0.15) is 6.10 Å². The standard InChI is InChI=1S/C20H19F6NO3/c21-19(22,23)14-8-13(9-15(10-14)20(24,25)26)16(11-28)30-18-17(27-6-7-29-18)12-4-2-1-3-5-12/h1-5,8-10,16-18,27-28H,6-7,11H2/t16-,17?,18?/m0/s1. The Morgan fingerprint density at radius 2 is 1.60 bits per heavy atom. The number of aliphatic hydroxyl groups is 1. The van der Waals surface area contributed by atoms with Gasteiger partial charge in [-0.05, 0) is 29.3 Å². The molecule has 3 rings (SSSR count). The van der Waals surface area contributed by atoms with E-state index in [0.29, 0.717) is 18.7 Å². The van der Waals surface area contributed by atoms with Gasteiger partial charge in [-0.15, -0.1) is 0 Å². The highest BCUT2D eigenvalue weighted by molar-refractivity contribution is 5.35. The average Bonchev–Trinajstić information content (AvgIpc) is 2.71. The van der Waals surface area contributed by atoms with E-state index in [4.69, 9.17) is 9.47 Å². The number of morpholine rings is 1. The first kappa shape index (κ1) is 22.5. The Balaban J connectivity index is 1.93. The Bertz CT molecular complexity index is 808. The van der Waals surface area contributed by atoms with Gasteiger partial charge < -0.3 is 19.9 Å². The highest BCUT2D eigenvalue weighted by Crippen LogP contribution is 2.38. The molecule has 0 radical (unpaired) electrons. The van der Waals surface area contributed by atoms with Crippen LogP contribution in [0.25, 0.3) is 0 Å². The number of hydrogen-bond donors (Lipinski definition) is 2. The van der Waals surface area contributed by atoms with Crippen molar-refractivity contribution in [3.05, 3.63) is 70.8 Å². The molecule has 10 heteroatoms. The molecule has 1 heterocycles. The Kier molecular flexibility index (Phi) is 6.71. The summed E-state index contributed by atoms with van der Waals surface area (Å²) in [6, 6.07) is 9.51. The van der Waals surface area contributed by atoms with Crippen molar-refractivity contribution < 1.29 is 40.9 Å². The summed E-state index contributed by atoms with van der Waals surface area (Å²) in [5.74, 6) is 0. The molecule has 4 nitrogen and oxygen atoms in total. The van der Waals surface area contributed by atoms with Crippen molar-refractivity contribution in [3.63, 3.8) is 0 Å². The van der Waals surface area contributed by atoms with E-state index >= 15 is 0 Å². The quantitative estimate of drug-likeness (QED) is 0.681. The van der Waals surface area contributed by atoms with Crippen LogP contribution in [0.15, 0.2) is 48.5 Å². The molecular formula is C20H19F6NO3. The molecule has 2 aromatic carbocycles. The second-order valence-electron chi connectivity index (χ2n) is 6.73. The molecule has 0 spiro atoms. The van der Waals surface area contributed by atoms with Crippen LogP contribution in [0, 0.1) is 0 Å². The number of halogens is 6. The molecule has 2 unspecified atom stereocenters. The maximum absolute atomic E-state index is 13.1. The normalized spacial score (nSPS) is 21.4. The minimum Gasteiger partial charge on any atom is -0.393 e. The lowest BCUT2D eigenvalue weighted by molar-refractivity contribution is -0.209. The third kappa shape index (κ3) is 5.31. The average molecular weight is 435 g/mol. The van der Waals surface area contributed by atoms with Crippen LogP contribution in [0.3, 0.4) is 0 Å². The van der Waals surface area contributed by atoms with E-state index in [-0.39, 0.29) is 12.7 Å². The highest BCUT2D eigenvalue weighted by atomic mass is 19.4. The van der Waals surface area contributed by atoms with Crippen LogP contribution in [0.5, 0.6) is 0 Å². The maximum atomic E-state index is 13.1. The summed E-state index contributed by atoms with van der Waals surface area (Å²) in [6.45, 7) is -0.131. The Labute approximate surface area is 168 Å². The Hall–Kier alpha value is -2.14. The Morgan fingerprint density at radius 1 is 1.00 bits per heavy atom. The second-order valence-corrected chi connectivity index (χ2v) is 6.73. The summed E-state index contributed by atoms with van der Waals surface area (Å²) < 4.78 is 90.1. The van der Waals surface area contributed by atoms with Crippen molar-refractivity contribution in [2.24, 2.45) is 0 Å². The van der Waals surface area contributed by atoms with Crippen LogP contribution < -0.4 is 5.32 Å². The lowest BCUT2D eigenvalue weighted by Crippen LogP contribution is -2.44. The first-order valence-electron chi connectivity index (χ1n) is 9.05. The molecule has 1 saturated heterocycles. The zero-order valence-corrected chi connectivity index (χ0v) is 15.5. The summed E-state index contributed by atoms with van der Waals surface area (Å²) in [6.07, 6.45) is -12.5. The van der Waals surface area contributed by atoms with Crippen LogP contribution >= 0.6 is 0 Å².